The second-order valence-corrected chi connectivity index (χ2v) is 7.04. The molecule has 0 bridgehead atoms. The van der Waals surface area contributed by atoms with Crippen LogP contribution < -0.4 is 10.6 Å². The maximum Gasteiger partial charge on any atom is 0.190 e. The second-order valence-electron chi connectivity index (χ2n) is 5.75. The van der Waals surface area contributed by atoms with E-state index in [0.717, 1.165) is 50.8 Å². The van der Waals surface area contributed by atoms with Crippen molar-refractivity contribution < 1.29 is 4.74 Å². The smallest absolute Gasteiger partial charge is 0.190 e. The predicted octanol–water partition coefficient (Wildman–Crippen LogP) is 3.15. The molecule has 1 aromatic heterocycles. The Labute approximate surface area is 161 Å². The maximum absolute atomic E-state index is 5.56. The number of guanidine groups is 1. The fourth-order valence-electron chi connectivity index (χ4n) is 1.85. The third kappa shape index (κ3) is 10.1. The number of thiazole rings is 1. The standard InChI is InChI=1S/C16H30N4OS.HI/c1-12(2)11-21-10-6-8-18-16(17-5)19-9-7-15-20-13(3)14(4)22-15;/h12H,6-11H2,1-5H3,(H2,17,18,19);1H. The van der Waals surface area contributed by atoms with Crippen molar-refractivity contribution in [3.05, 3.63) is 15.6 Å². The molecule has 0 spiro atoms. The second kappa shape index (κ2) is 12.9. The summed E-state index contributed by atoms with van der Waals surface area (Å²) in [5.74, 6) is 1.44. The molecule has 0 saturated heterocycles. The van der Waals surface area contributed by atoms with Crippen molar-refractivity contribution >= 4 is 41.3 Å². The molecule has 1 aromatic rings. The molecule has 0 atom stereocenters. The van der Waals surface area contributed by atoms with Gasteiger partial charge in [-0.05, 0) is 26.2 Å². The van der Waals surface area contributed by atoms with E-state index in [9.17, 15) is 0 Å². The Morgan fingerprint density at radius 2 is 1.96 bits per heavy atom. The number of nitrogens with one attached hydrogen (secondary N) is 2. The summed E-state index contributed by atoms with van der Waals surface area (Å²) < 4.78 is 5.56. The molecule has 2 N–H and O–H groups in total. The molecule has 0 radical (unpaired) electrons. The molecule has 0 saturated carbocycles. The molecule has 0 aromatic carbocycles. The number of aryl methyl sites for hydroxylation is 2. The lowest BCUT2D eigenvalue weighted by molar-refractivity contribution is 0.108. The lowest BCUT2D eigenvalue weighted by Crippen LogP contribution is -2.39. The molecular weight excluding hydrogens is 423 g/mol. The lowest BCUT2D eigenvalue weighted by atomic mass is 10.2. The Hall–Kier alpha value is -0.410. The minimum absolute atomic E-state index is 0. The molecule has 0 amide bonds. The first-order valence-corrected chi connectivity index (χ1v) is 8.79. The summed E-state index contributed by atoms with van der Waals surface area (Å²) >= 11 is 1.77. The minimum atomic E-state index is 0. The number of aliphatic imine (C=N–C) groups is 1. The van der Waals surface area contributed by atoms with E-state index >= 15 is 0 Å². The highest BCUT2D eigenvalue weighted by Gasteiger charge is 2.04. The van der Waals surface area contributed by atoms with Gasteiger partial charge in [0.2, 0.25) is 0 Å². The molecule has 0 aliphatic rings. The summed E-state index contributed by atoms with van der Waals surface area (Å²) in [5, 5.41) is 7.80. The summed E-state index contributed by atoms with van der Waals surface area (Å²) in [6.45, 7) is 11.8. The van der Waals surface area contributed by atoms with Crippen LogP contribution in [-0.4, -0.2) is 44.3 Å². The summed E-state index contributed by atoms with van der Waals surface area (Å²) in [6.07, 6.45) is 1.91. The van der Waals surface area contributed by atoms with Gasteiger partial charge < -0.3 is 15.4 Å². The summed E-state index contributed by atoms with van der Waals surface area (Å²) in [7, 11) is 1.79. The number of aromatic nitrogens is 1. The molecule has 134 valence electrons. The predicted molar refractivity (Wildman–Crippen MR) is 110 cm³/mol. The van der Waals surface area contributed by atoms with E-state index < -0.39 is 0 Å². The summed E-state index contributed by atoms with van der Waals surface area (Å²) in [5.41, 5.74) is 1.14. The van der Waals surface area contributed by atoms with Crippen LogP contribution in [0.15, 0.2) is 4.99 Å². The number of halogens is 1. The van der Waals surface area contributed by atoms with Gasteiger partial charge >= 0.3 is 0 Å². The van der Waals surface area contributed by atoms with Crippen molar-refractivity contribution in [2.24, 2.45) is 10.9 Å². The highest BCUT2D eigenvalue weighted by Crippen LogP contribution is 2.16. The normalized spacial score (nSPS) is 11.5. The number of rotatable bonds is 9. The van der Waals surface area contributed by atoms with Crippen molar-refractivity contribution in [3.63, 3.8) is 0 Å². The van der Waals surface area contributed by atoms with E-state index in [1.54, 1.807) is 18.4 Å². The molecule has 0 aliphatic carbocycles. The monoisotopic (exact) mass is 454 g/mol. The number of hydrogen-bond donors (Lipinski definition) is 2. The third-order valence-electron chi connectivity index (χ3n) is 3.14. The van der Waals surface area contributed by atoms with Crippen LogP contribution in [0.25, 0.3) is 0 Å². The average molecular weight is 454 g/mol. The Morgan fingerprint density at radius 3 is 2.52 bits per heavy atom. The van der Waals surface area contributed by atoms with Gasteiger partial charge in [0.15, 0.2) is 5.96 Å². The van der Waals surface area contributed by atoms with Crippen LogP contribution in [0.4, 0.5) is 0 Å². The summed E-state index contributed by atoms with van der Waals surface area (Å²) in [6, 6.07) is 0. The van der Waals surface area contributed by atoms with E-state index in [1.165, 1.54) is 9.88 Å². The number of hydrogen-bond acceptors (Lipinski definition) is 4. The highest BCUT2D eigenvalue weighted by atomic mass is 127. The Morgan fingerprint density at radius 1 is 1.26 bits per heavy atom. The highest BCUT2D eigenvalue weighted by molar-refractivity contribution is 14.0. The van der Waals surface area contributed by atoms with Gasteiger partial charge in [-0.3, -0.25) is 4.99 Å². The Balaban J connectivity index is 0.00000484. The van der Waals surface area contributed by atoms with Crippen molar-refractivity contribution in [2.75, 3.05) is 33.4 Å². The first-order chi connectivity index (χ1) is 10.5. The quantitative estimate of drug-likeness (QED) is 0.261. The van der Waals surface area contributed by atoms with Crippen LogP contribution in [0.1, 0.15) is 35.8 Å². The third-order valence-corrected chi connectivity index (χ3v) is 4.27. The van der Waals surface area contributed by atoms with Crippen molar-refractivity contribution in [1.82, 2.24) is 15.6 Å². The molecular formula is C16H31IN4OS. The maximum atomic E-state index is 5.56. The molecule has 7 heteroatoms. The van der Waals surface area contributed by atoms with Gasteiger partial charge in [-0.2, -0.15) is 0 Å². The largest absolute Gasteiger partial charge is 0.381 e. The molecule has 0 unspecified atom stereocenters. The van der Waals surface area contributed by atoms with Gasteiger partial charge in [-0.25, -0.2) is 4.98 Å². The van der Waals surface area contributed by atoms with Gasteiger partial charge in [0.1, 0.15) is 0 Å². The molecule has 1 rings (SSSR count). The fourth-order valence-corrected chi connectivity index (χ4v) is 2.79. The van der Waals surface area contributed by atoms with Crippen molar-refractivity contribution in [2.45, 2.75) is 40.5 Å². The lowest BCUT2D eigenvalue weighted by Gasteiger charge is -2.11. The SMILES string of the molecule is CN=C(NCCCOCC(C)C)NCCc1nc(C)c(C)s1.I. The Bertz CT molecular complexity index is 443. The van der Waals surface area contributed by atoms with Gasteiger partial charge in [0.05, 0.1) is 10.7 Å². The topological polar surface area (TPSA) is 58.5 Å². The van der Waals surface area contributed by atoms with E-state index in [2.05, 4.69) is 48.3 Å². The number of ether oxygens (including phenoxy) is 1. The first kappa shape index (κ1) is 22.6. The van der Waals surface area contributed by atoms with Crippen LogP contribution in [0.2, 0.25) is 0 Å². The number of nitrogens with zero attached hydrogens (tertiary/aromatic N) is 2. The molecule has 0 aliphatic heterocycles. The van der Waals surface area contributed by atoms with Gasteiger partial charge in [-0.15, -0.1) is 35.3 Å². The zero-order valence-electron chi connectivity index (χ0n) is 14.9. The molecule has 0 fully saturated rings. The Kier molecular flexibility index (Phi) is 12.7. The van der Waals surface area contributed by atoms with Gasteiger partial charge in [0.25, 0.3) is 0 Å². The van der Waals surface area contributed by atoms with Crippen LogP contribution in [-0.2, 0) is 11.2 Å². The van der Waals surface area contributed by atoms with Crippen LogP contribution in [0, 0.1) is 19.8 Å². The van der Waals surface area contributed by atoms with E-state index in [0.29, 0.717) is 5.92 Å². The zero-order valence-corrected chi connectivity index (χ0v) is 18.1. The van der Waals surface area contributed by atoms with Gasteiger partial charge in [-0.1, -0.05) is 13.8 Å². The van der Waals surface area contributed by atoms with Crippen molar-refractivity contribution in [1.29, 1.82) is 0 Å². The fraction of sp³-hybridized carbons (Fsp3) is 0.750. The van der Waals surface area contributed by atoms with E-state index in [-0.39, 0.29) is 24.0 Å². The summed E-state index contributed by atoms with van der Waals surface area (Å²) in [4.78, 5) is 10.1. The average Bonchev–Trinajstić information content (AvgIpc) is 2.79. The first-order valence-electron chi connectivity index (χ1n) is 7.98. The van der Waals surface area contributed by atoms with E-state index in [4.69, 9.17) is 4.74 Å². The molecule has 23 heavy (non-hydrogen) atoms. The minimum Gasteiger partial charge on any atom is -0.381 e. The van der Waals surface area contributed by atoms with E-state index in [1.807, 2.05) is 0 Å². The van der Waals surface area contributed by atoms with Crippen LogP contribution in [0.5, 0.6) is 0 Å². The van der Waals surface area contributed by atoms with Crippen molar-refractivity contribution in [3.8, 4) is 0 Å². The van der Waals surface area contributed by atoms with Crippen LogP contribution in [0.3, 0.4) is 0 Å². The molecule has 5 nitrogen and oxygen atoms in total. The zero-order chi connectivity index (χ0) is 16.4. The molecule has 1 heterocycles. The van der Waals surface area contributed by atoms with Gasteiger partial charge in [0, 0.05) is 44.6 Å². The van der Waals surface area contributed by atoms with Crippen LogP contribution >= 0.6 is 35.3 Å².